The normalized spacial score (nSPS) is 10.9. The van der Waals surface area contributed by atoms with Gasteiger partial charge in [0.2, 0.25) is 0 Å². The second kappa shape index (κ2) is 7.47. The zero-order chi connectivity index (χ0) is 18.8. The third-order valence-corrected chi connectivity index (χ3v) is 5.91. The first-order chi connectivity index (χ1) is 13.1. The van der Waals surface area contributed by atoms with Crippen molar-refractivity contribution in [1.29, 1.82) is 0 Å². The smallest absolute Gasteiger partial charge is 0.285 e. The van der Waals surface area contributed by atoms with Crippen LogP contribution in [0.25, 0.3) is 10.2 Å². The summed E-state index contributed by atoms with van der Waals surface area (Å²) in [6.45, 7) is 0.327. The molecule has 0 unspecified atom stereocenters. The van der Waals surface area contributed by atoms with Gasteiger partial charge in [-0.25, -0.2) is 4.98 Å². The number of rotatable bonds is 5. The predicted octanol–water partition coefficient (Wildman–Crippen LogP) is 3.92. The van der Waals surface area contributed by atoms with Gasteiger partial charge in [-0.1, -0.05) is 29.8 Å². The number of amides is 2. The van der Waals surface area contributed by atoms with Crippen LogP contribution < -0.4 is 10.6 Å². The number of carbonyl (C=O) groups excluding carboxylic acids is 2. The molecule has 0 aliphatic heterocycles. The van der Waals surface area contributed by atoms with Gasteiger partial charge in [0.05, 0.1) is 10.3 Å². The standard InChI is InChI=1S/C17H12ClN5O2S2/c18-11-4-2-1-3-9(11)8-20-14(24)12-7-10-13(22-23-16(10)27-12)21-15(25)17-19-5-6-26-17/h1-7H,8H2,(H,20,24)(H2,21,22,23,25). The molecule has 3 heterocycles. The van der Waals surface area contributed by atoms with Crippen molar-refractivity contribution in [2.45, 2.75) is 6.54 Å². The zero-order valence-electron chi connectivity index (χ0n) is 13.7. The summed E-state index contributed by atoms with van der Waals surface area (Å²) in [4.78, 5) is 29.7. The van der Waals surface area contributed by atoms with Crippen LogP contribution in [0.5, 0.6) is 0 Å². The van der Waals surface area contributed by atoms with E-state index in [4.69, 9.17) is 11.6 Å². The molecule has 3 N–H and O–H groups in total. The van der Waals surface area contributed by atoms with Gasteiger partial charge in [-0.05, 0) is 17.7 Å². The first-order valence-corrected chi connectivity index (χ1v) is 9.89. The van der Waals surface area contributed by atoms with Crippen LogP contribution in [0.2, 0.25) is 5.02 Å². The molecule has 0 atom stereocenters. The van der Waals surface area contributed by atoms with Gasteiger partial charge in [-0.15, -0.1) is 22.7 Å². The van der Waals surface area contributed by atoms with Crippen molar-refractivity contribution in [3.63, 3.8) is 0 Å². The number of benzene rings is 1. The van der Waals surface area contributed by atoms with Gasteiger partial charge in [0.15, 0.2) is 5.01 Å². The highest BCUT2D eigenvalue weighted by molar-refractivity contribution is 7.20. The number of nitrogens with one attached hydrogen (secondary N) is 3. The number of carbonyl (C=O) groups is 2. The number of aromatic nitrogens is 3. The Bertz CT molecular complexity index is 1120. The van der Waals surface area contributed by atoms with E-state index in [0.29, 0.717) is 37.5 Å². The fourth-order valence-corrected chi connectivity index (χ4v) is 4.07. The topological polar surface area (TPSA) is 99.8 Å². The second-order valence-electron chi connectivity index (χ2n) is 5.49. The van der Waals surface area contributed by atoms with Crippen molar-refractivity contribution >= 4 is 62.1 Å². The number of halogens is 1. The number of nitrogens with zero attached hydrogens (tertiary/aromatic N) is 2. The Balaban J connectivity index is 1.48. The maximum Gasteiger partial charge on any atom is 0.285 e. The Labute approximate surface area is 166 Å². The largest absolute Gasteiger partial charge is 0.347 e. The molecule has 0 fully saturated rings. The highest BCUT2D eigenvalue weighted by Crippen LogP contribution is 2.29. The molecule has 136 valence electrons. The molecule has 27 heavy (non-hydrogen) atoms. The van der Waals surface area contributed by atoms with Crippen LogP contribution in [0.15, 0.2) is 41.9 Å². The molecule has 10 heteroatoms. The van der Waals surface area contributed by atoms with E-state index in [2.05, 4.69) is 25.8 Å². The lowest BCUT2D eigenvalue weighted by Gasteiger charge is -2.05. The van der Waals surface area contributed by atoms with Crippen LogP contribution in [0.3, 0.4) is 0 Å². The molecule has 0 saturated carbocycles. The van der Waals surface area contributed by atoms with Gasteiger partial charge in [-0.2, -0.15) is 5.10 Å². The third kappa shape index (κ3) is 3.70. The van der Waals surface area contributed by atoms with E-state index < -0.39 is 0 Å². The van der Waals surface area contributed by atoms with Crippen LogP contribution >= 0.6 is 34.3 Å². The van der Waals surface area contributed by atoms with Crippen molar-refractivity contribution < 1.29 is 9.59 Å². The number of hydrogen-bond donors (Lipinski definition) is 3. The Hall–Kier alpha value is -2.75. The van der Waals surface area contributed by atoms with Crippen molar-refractivity contribution in [3.8, 4) is 0 Å². The summed E-state index contributed by atoms with van der Waals surface area (Å²) < 4.78 is 0. The van der Waals surface area contributed by atoms with E-state index in [1.807, 2.05) is 18.2 Å². The lowest BCUT2D eigenvalue weighted by Crippen LogP contribution is -2.21. The Kier molecular flexibility index (Phi) is 4.88. The molecule has 2 amide bonds. The molecular weight excluding hydrogens is 406 g/mol. The van der Waals surface area contributed by atoms with E-state index in [1.165, 1.54) is 22.7 Å². The van der Waals surface area contributed by atoms with Crippen LogP contribution in [0, 0.1) is 0 Å². The third-order valence-electron chi connectivity index (χ3n) is 3.74. The second-order valence-corrected chi connectivity index (χ2v) is 7.83. The van der Waals surface area contributed by atoms with Crippen LogP contribution in [-0.4, -0.2) is 27.0 Å². The SMILES string of the molecule is O=C(NCc1ccccc1Cl)c1cc2c(NC(=O)c3nccs3)[nH]nc2s1. The highest BCUT2D eigenvalue weighted by atomic mass is 35.5. The fourth-order valence-electron chi connectivity index (χ4n) is 2.42. The van der Waals surface area contributed by atoms with Crippen molar-refractivity contribution in [3.05, 3.63) is 62.4 Å². The van der Waals surface area contributed by atoms with Gasteiger partial charge in [-0.3, -0.25) is 14.7 Å². The zero-order valence-corrected chi connectivity index (χ0v) is 16.0. The minimum Gasteiger partial charge on any atom is -0.347 e. The molecule has 0 aliphatic rings. The van der Waals surface area contributed by atoms with Crippen LogP contribution in [-0.2, 0) is 6.54 Å². The summed E-state index contributed by atoms with van der Waals surface area (Å²) in [5.41, 5.74) is 0.839. The van der Waals surface area contributed by atoms with E-state index in [1.54, 1.807) is 23.7 Å². The van der Waals surface area contributed by atoms with Gasteiger partial charge < -0.3 is 10.6 Å². The summed E-state index contributed by atoms with van der Waals surface area (Å²) in [5, 5.41) is 15.9. The van der Waals surface area contributed by atoms with Crippen molar-refractivity contribution in [1.82, 2.24) is 20.5 Å². The van der Waals surface area contributed by atoms with E-state index in [0.717, 1.165) is 5.56 Å². The number of fused-ring (bicyclic) bond motifs is 1. The van der Waals surface area contributed by atoms with Gasteiger partial charge in [0.25, 0.3) is 11.8 Å². The Morgan fingerprint density at radius 3 is 2.85 bits per heavy atom. The molecule has 0 spiro atoms. The monoisotopic (exact) mass is 417 g/mol. The maximum absolute atomic E-state index is 12.4. The van der Waals surface area contributed by atoms with E-state index in [9.17, 15) is 9.59 Å². The van der Waals surface area contributed by atoms with Crippen LogP contribution in [0.4, 0.5) is 5.82 Å². The molecule has 1 aromatic carbocycles. The molecular formula is C17H12ClN5O2S2. The summed E-state index contributed by atoms with van der Waals surface area (Å²) in [6, 6.07) is 9.03. The molecule has 0 radical (unpaired) electrons. The number of hydrogen-bond acceptors (Lipinski definition) is 6. The number of thiazole rings is 1. The van der Waals surface area contributed by atoms with E-state index in [-0.39, 0.29) is 11.8 Å². The molecule has 4 aromatic rings. The van der Waals surface area contributed by atoms with E-state index >= 15 is 0 Å². The predicted molar refractivity (Wildman–Crippen MR) is 107 cm³/mol. The van der Waals surface area contributed by atoms with Gasteiger partial charge in [0.1, 0.15) is 10.6 Å². The highest BCUT2D eigenvalue weighted by Gasteiger charge is 2.17. The summed E-state index contributed by atoms with van der Waals surface area (Å²) >= 11 is 8.59. The summed E-state index contributed by atoms with van der Waals surface area (Å²) in [7, 11) is 0. The minimum absolute atomic E-state index is 0.227. The summed E-state index contributed by atoms with van der Waals surface area (Å²) in [5.74, 6) is -0.117. The van der Waals surface area contributed by atoms with Gasteiger partial charge >= 0.3 is 0 Å². The lowest BCUT2D eigenvalue weighted by atomic mass is 10.2. The Morgan fingerprint density at radius 1 is 1.22 bits per heavy atom. The maximum atomic E-state index is 12.4. The Morgan fingerprint density at radius 2 is 2.07 bits per heavy atom. The molecule has 0 saturated heterocycles. The summed E-state index contributed by atoms with van der Waals surface area (Å²) in [6.07, 6.45) is 1.56. The number of H-pyrrole nitrogens is 1. The molecule has 0 bridgehead atoms. The molecule has 7 nitrogen and oxygen atoms in total. The van der Waals surface area contributed by atoms with Gasteiger partial charge in [0, 0.05) is 23.1 Å². The number of aromatic amines is 1. The number of thiophene rings is 1. The first kappa shape index (κ1) is 17.7. The fraction of sp³-hybridized carbons (Fsp3) is 0.0588. The molecule has 0 aliphatic carbocycles. The average Bonchev–Trinajstić information content (AvgIpc) is 3.39. The lowest BCUT2D eigenvalue weighted by molar-refractivity contribution is 0.0954. The molecule has 4 rings (SSSR count). The van der Waals surface area contributed by atoms with Crippen molar-refractivity contribution in [2.24, 2.45) is 0 Å². The van der Waals surface area contributed by atoms with Crippen molar-refractivity contribution in [2.75, 3.05) is 5.32 Å². The molecule has 3 aromatic heterocycles. The van der Waals surface area contributed by atoms with Crippen LogP contribution in [0.1, 0.15) is 25.0 Å². The number of anilines is 1. The first-order valence-electron chi connectivity index (χ1n) is 7.82. The minimum atomic E-state index is -0.327. The quantitative estimate of drug-likeness (QED) is 0.458. The average molecular weight is 418 g/mol.